The van der Waals surface area contributed by atoms with Gasteiger partial charge in [-0.2, -0.15) is 0 Å². The number of nitrogens with zero attached hydrogens (tertiary/aromatic N) is 1. The van der Waals surface area contributed by atoms with Crippen molar-refractivity contribution in [3.8, 4) is 0 Å². The van der Waals surface area contributed by atoms with E-state index in [2.05, 4.69) is 19.4 Å². The normalized spacial score (nSPS) is 27.2. The fraction of sp³-hybridized carbons (Fsp3) is 1.00. The zero-order valence-corrected chi connectivity index (χ0v) is 11.6. The molecule has 0 atom stereocenters. The first kappa shape index (κ1) is 13.3. The van der Waals surface area contributed by atoms with Crippen molar-refractivity contribution in [3.63, 3.8) is 0 Å². The SMILES string of the molecule is C[N+]1(C)CCC(OCCC2CCNCC2)CC1. The molecule has 2 heterocycles. The van der Waals surface area contributed by atoms with Crippen molar-refractivity contribution in [1.29, 1.82) is 0 Å². The Balaban J connectivity index is 1.56. The number of nitrogens with one attached hydrogen (secondary N) is 1. The molecule has 0 aromatic rings. The van der Waals surface area contributed by atoms with E-state index < -0.39 is 0 Å². The van der Waals surface area contributed by atoms with Crippen molar-refractivity contribution < 1.29 is 9.22 Å². The van der Waals surface area contributed by atoms with Crippen molar-refractivity contribution in [2.24, 2.45) is 5.92 Å². The highest BCUT2D eigenvalue weighted by Crippen LogP contribution is 2.20. The molecule has 0 aliphatic carbocycles. The average Bonchev–Trinajstić information content (AvgIpc) is 2.33. The van der Waals surface area contributed by atoms with Crippen LogP contribution in [-0.4, -0.2) is 57.5 Å². The molecule has 2 fully saturated rings. The van der Waals surface area contributed by atoms with E-state index in [1.807, 2.05) is 0 Å². The fourth-order valence-corrected chi connectivity index (χ4v) is 2.98. The molecule has 0 spiro atoms. The summed E-state index contributed by atoms with van der Waals surface area (Å²) in [7, 11) is 4.65. The number of hydrogen-bond acceptors (Lipinski definition) is 2. The first-order valence-corrected chi connectivity index (χ1v) is 7.30. The number of hydrogen-bond donors (Lipinski definition) is 1. The van der Waals surface area contributed by atoms with E-state index in [-0.39, 0.29) is 0 Å². The predicted molar refractivity (Wildman–Crippen MR) is 71.0 cm³/mol. The second-order valence-electron chi connectivity index (χ2n) is 6.44. The first-order valence-electron chi connectivity index (χ1n) is 7.30. The molecule has 2 rings (SSSR count). The van der Waals surface area contributed by atoms with Crippen LogP contribution < -0.4 is 5.32 Å². The smallest absolute Gasteiger partial charge is 0.0807 e. The Bertz CT molecular complexity index is 214. The molecule has 0 aromatic heterocycles. The second kappa shape index (κ2) is 6.17. The summed E-state index contributed by atoms with van der Waals surface area (Å²) >= 11 is 0. The molecule has 0 bridgehead atoms. The van der Waals surface area contributed by atoms with Crippen molar-refractivity contribution in [3.05, 3.63) is 0 Å². The van der Waals surface area contributed by atoms with E-state index in [1.54, 1.807) is 0 Å². The topological polar surface area (TPSA) is 21.3 Å². The van der Waals surface area contributed by atoms with Crippen molar-refractivity contribution in [2.75, 3.05) is 46.9 Å². The van der Waals surface area contributed by atoms with Crippen LogP contribution in [0.1, 0.15) is 32.1 Å². The van der Waals surface area contributed by atoms with Crippen molar-refractivity contribution in [1.82, 2.24) is 5.32 Å². The van der Waals surface area contributed by atoms with Gasteiger partial charge in [0.05, 0.1) is 33.3 Å². The predicted octanol–water partition coefficient (Wildman–Crippen LogP) is 1.63. The molecule has 1 N–H and O–H groups in total. The maximum atomic E-state index is 6.05. The monoisotopic (exact) mass is 241 g/mol. The maximum Gasteiger partial charge on any atom is 0.0807 e. The molecule has 3 heteroatoms. The molecule has 17 heavy (non-hydrogen) atoms. The number of quaternary nitrogens is 1. The van der Waals surface area contributed by atoms with Gasteiger partial charge in [-0.15, -0.1) is 0 Å². The van der Waals surface area contributed by atoms with Gasteiger partial charge in [-0.05, 0) is 38.3 Å². The molecule has 2 saturated heterocycles. The van der Waals surface area contributed by atoms with Gasteiger partial charge in [0.2, 0.25) is 0 Å². The highest BCUT2D eigenvalue weighted by atomic mass is 16.5. The molecule has 0 radical (unpaired) electrons. The van der Waals surface area contributed by atoms with Gasteiger partial charge in [0.25, 0.3) is 0 Å². The Hall–Kier alpha value is -0.120. The van der Waals surface area contributed by atoms with Gasteiger partial charge in [0.1, 0.15) is 0 Å². The minimum absolute atomic E-state index is 0.544. The van der Waals surface area contributed by atoms with E-state index in [0.717, 1.165) is 12.5 Å². The summed E-state index contributed by atoms with van der Waals surface area (Å²) in [5.41, 5.74) is 0. The standard InChI is InChI=1S/C14H29N2O/c1-16(2)10-5-14(6-11-16)17-12-7-13-3-8-15-9-4-13/h13-15H,3-12H2,1-2H3/q+1. The molecule has 100 valence electrons. The largest absolute Gasteiger partial charge is 0.378 e. The van der Waals surface area contributed by atoms with Crippen molar-refractivity contribution >= 4 is 0 Å². The quantitative estimate of drug-likeness (QED) is 0.755. The summed E-state index contributed by atoms with van der Waals surface area (Å²) < 4.78 is 7.22. The number of likely N-dealkylation sites (tertiary alicyclic amines) is 1. The van der Waals surface area contributed by atoms with Crippen LogP contribution in [0.3, 0.4) is 0 Å². The van der Waals surface area contributed by atoms with Crippen LogP contribution in [-0.2, 0) is 4.74 Å². The number of ether oxygens (including phenoxy) is 1. The Morgan fingerprint density at radius 1 is 1.06 bits per heavy atom. The van der Waals surface area contributed by atoms with Crippen LogP contribution in [0, 0.1) is 5.92 Å². The Morgan fingerprint density at radius 3 is 2.35 bits per heavy atom. The van der Waals surface area contributed by atoms with Gasteiger partial charge in [0.15, 0.2) is 0 Å². The van der Waals surface area contributed by atoms with E-state index in [1.165, 1.54) is 62.8 Å². The summed E-state index contributed by atoms with van der Waals surface area (Å²) in [6.45, 7) is 5.96. The Labute approximate surface area is 106 Å². The summed E-state index contributed by atoms with van der Waals surface area (Å²) in [6.07, 6.45) is 7.01. The molecule has 2 aliphatic heterocycles. The molecule has 2 aliphatic rings. The molecular formula is C14H29N2O+. The average molecular weight is 241 g/mol. The van der Waals surface area contributed by atoms with Crippen LogP contribution in [0.25, 0.3) is 0 Å². The van der Waals surface area contributed by atoms with Gasteiger partial charge in [-0.3, -0.25) is 0 Å². The lowest BCUT2D eigenvalue weighted by Gasteiger charge is -2.37. The third kappa shape index (κ3) is 4.57. The van der Waals surface area contributed by atoms with Gasteiger partial charge in [0, 0.05) is 19.4 Å². The van der Waals surface area contributed by atoms with Crippen LogP contribution in [0.15, 0.2) is 0 Å². The van der Waals surface area contributed by atoms with Gasteiger partial charge in [-0.1, -0.05) is 0 Å². The molecule has 3 nitrogen and oxygen atoms in total. The first-order chi connectivity index (χ1) is 8.16. The molecular weight excluding hydrogens is 212 g/mol. The van der Waals surface area contributed by atoms with E-state index in [0.29, 0.717) is 6.10 Å². The Kier molecular flexibility index (Phi) is 4.83. The zero-order valence-electron chi connectivity index (χ0n) is 11.6. The highest BCUT2D eigenvalue weighted by molar-refractivity contribution is 4.69. The summed E-state index contributed by atoms with van der Waals surface area (Å²) in [5.74, 6) is 0.909. The minimum Gasteiger partial charge on any atom is -0.378 e. The molecule has 0 unspecified atom stereocenters. The Morgan fingerprint density at radius 2 is 1.71 bits per heavy atom. The summed E-state index contributed by atoms with van der Waals surface area (Å²) in [4.78, 5) is 0. The minimum atomic E-state index is 0.544. The van der Waals surface area contributed by atoms with E-state index >= 15 is 0 Å². The lowest BCUT2D eigenvalue weighted by Crippen LogP contribution is -2.48. The zero-order chi connectivity index (χ0) is 12.1. The second-order valence-corrected chi connectivity index (χ2v) is 6.44. The fourth-order valence-electron chi connectivity index (χ4n) is 2.98. The lowest BCUT2D eigenvalue weighted by molar-refractivity contribution is -0.896. The summed E-state index contributed by atoms with van der Waals surface area (Å²) in [6, 6.07) is 0. The van der Waals surface area contributed by atoms with Crippen LogP contribution in [0.4, 0.5) is 0 Å². The van der Waals surface area contributed by atoms with Crippen LogP contribution >= 0.6 is 0 Å². The summed E-state index contributed by atoms with van der Waals surface area (Å²) in [5, 5.41) is 3.42. The third-order valence-corrected chi connectivity index (χ3v) is 4.45. The van der Waals surface area contributed by atoms with E-state index in [9.17, 15) is 0 Å². The molecule has 0 amide bonds. The lowest BCUT2D eigenvalue weighted by atomic mass is 9.95. The maximum absolute atomic E-state index is 6.05. The van der Waals surface area contributed by atoms with Gasteiger partial charge in [-0.25, -0.2) is 0 Å². The van der Waals surface area contributed by atoms with Crippen LogP contribution in [0.2, 0.25) is 0 Å². The van der Waals surface area contributed by atoms with Crippen molar-refractivity contribution in [2.45, 2.75) is 38.2 Å². The molecule has 0 aromatic carbocycles. The highest BCUT2D eigenvalue weighted by Gasteiger charge is 2.26. The molecule has 0 saturated carbocycles. The third-order valence-electron chi connectivity index (χ3n) is 4.45. The van der Waals surface area contributed by atoms with E-state index in [4.69, 9.17) is 4.74 Å². The van der Waals surface area contributed by atoms with Crippen LogP contribution in [0.5, 0.6) is 0 Å². The number of piperidine rings is 2. The number of rotatable bonds is 4. The van der Waals surface area contributed by atoms with Gasteiger partial charge < -0.3 is 14.5 Å². The van der Waals surface area contributed by atoms with Gasteiger partial charge >= 0.3 is 0 Å².